The van der Waals surface area contributed by atoms with Gasteiger partial charge < -0.3 is 15.0 Å². The maximum Gasteiger partial charge on any atom is 0.252 e. The molecule has 0 radical (unpaired) electrons. The van der Waals surface area contributed by atoms with Gasteiger partial charge >= 0.3 is 0 Å². The van der Waals surface area contributed by atoms with Crippen molar-refractivity contribution in [2.75, 3.05) is 31.7 Å². The Bertz CT molecular complexity index is 641. The molecule has 23 heavy (non-hydrogen) atoms. The number of aromatic nitrogens is 1. The average molecular weight is 313 g/mol. The number of anilines is 2. The van der Waals surface area contributed by atoms with Crippen molar-refractivity contribution in [1.29, 1.82) is 0 Å². The van der Waals surface area contributed by atoms with E-state index in [9.17, 15) is 4.79 Å². The van der Waals surface area contributed by atoms with Gasteiger partial charge in [-0.1, -0.05) is 12.1 Å². The molecule has 0 aliphatic heterocycles. The van der Waals surface area contributed by atoms with Gasteiger partial charge in [-0.25, -0.2) is 4.98 Å². The number of benzene rings is 1. The van der Waals surface area contributed by atoms with Crippen LogP contribution in [-0.4, -0.2) is 37.7 Å². The molecule has 1 aromatic heterocycles. The smallest absolute Gasteiger partial charge is 0.252 e. The molecule has 0 atom stereocenters. The molecule has 0 spiro atoms. The Morgan fingerprint density at radius 3 is 2.74 bits per heavy atom. The lowest BCUT2D eigenvalue weighted by Crippen LogP contribution is -2.27. The SMILES string of the molecule is CCN(c1cccc(C)c1)c1ccc(C(=O)NCCOC)cn1. The summed E-state index contributed by atoms with van der Waals surface area (Å²) in [6.07, 6.45) is 1.61. The molecule has 0 aliphatic rings. The fourth-order valence-electron chi connectivity index (χ4n) is 2.32. The number of nitrogens with zero attached hydrogens (tertiary/aromatic N) is 2. The normalized spacial score (nSPS) is 10.4. The van der Waals surface area contributed by atoms with Gasteiger partial charge in [-0.3, -0.25) is 4.79 Å². The van der Waals surface area contributed by atoms with Crippen LogP contribution >= 0.6 is 0 Å². The van der Waals surface area contributed by atoms with Crippen LogP contribution in [0.2, 0.25) is 0 Å². The first-order chi connectivity index (χ1) is 11.2. The molecular weight excluding hydrogens is 290 g/mol. The van der Waals surface area contributed by atoms with Gasteiger partial charge in [0.05, 0.1) is 12.2 Å². The third kappa shape index (κ3) is 4.53. The van der Waals surface area contributed by atoms with Gasteiger partial charge in [0.25, 0.3) is 5.91 Å². The number of carbonyl (C=O) groups excluding carboxylic acids is 1. The Morgan fingerprint density at radius 1 is 1.30 bits per heavy atom. The fraction of sp³-hybridized carbons (Fsp3) is 0.333. The summed E-state index contributed by atoms with van der Waals surface area (Å²) < 4.78 is 4.91. The minimum absolute atomic E-state index is 0.139. The maximum atomic E-state index is 12.0. The number of ether oxygens (including phenoxy) is 1. The standard InChI is InChI=1S/C18H23N3O2/c1-4-21(16-7-5-6-14(2)12-16)17-9-8-15(13-20-17)18(22)19-10-11-23-3/h5-9,12-13H,4,10-11H2,1-3H3,(H,19,22). The number of hydrogen-bond acceptors (Lipinski definition) is 4. The number of pyridine rings is 1. The molecule has 5 heteroatoms. The number of amides is 1. The molecule has 1 amide bonds. The topological polar surface area (TPSA) is 54.5 Å². The van der Waals surface area contributed by atoms with E-state index in [1.807, 2.05) is 12.1 Å². The molecule has 2 rings (SSSR count). The van der Waals surface area contributed by atoms with E-state index in [1.54, 1.807) is 19.4 Å². The summed E-state index contributed by atoms with van der Waals surface area (Å²) in [5.41, 5.74) is 2.84. The van der Waals surface area contributed by atoms with E-state index in [2.05, 4.69) is 47.2 Å². The first kappa shape index (κ1) is 17.0. The number of methoxy groups -OCH3 is 1. The van der Waals surface area contributed by atoms with Gasteiger partial charge in [-0.05, 0) is 43.7 Å². The van der Waals surface area contributed by atoms with Crippen molar-refractivity contribution in [2.24, 2.45) is 0 Å². The van der Waals surface area contributed by atoms with Crippen LogP contribution < -0.4 is 10.2 Å². The third-order valence-corrected chi connectivity index (χ3v) is 3.51. The van der Waals surface area contributed by atoms with E-state index in [-0.39, 0.29) is 5.91 Å². The summed E-state index contributed by atoms with van der Waals surface area (Å²) in [6.45, 7) is 5.93. The maximum absolute atomic E-state index is 12.0. The second-order valence-electron chi connectivity index (χ2n) is 5.24. The van der Waals surface area contributed by atoms with E-state index >= 15 is 0 Å². The largest absolute Gasteiger partial charge is 0.383 e. The van der Waals surface area contributed by atoms with Crippen molar-refractivity contribution in [1.82, 2.24) is 10.3 Å². The highest BCUT2D eigenvalue weighted by Gasteiger charge is 2.11. The molecule has 0 saturated heterocycles. The Balaban J connectivity index is 2.12. The molecule has 0 bridgehead atoms. The van der Waals surface area contributed by atoms with Gasteiger partial charge in [0.15, 0.2) is 0 Å². The van der Waals surface area contributed by atoms with Crippen molar-refractivity contribution in [3.05, 3.63) is 53.7 Å². The van der Waals surface area contributed by atoms with E-state index < -0.39 is 0 Å². The zero-order valence-corrected chi connectivity index (χ0v) is 13.9. The highest BCUT2D eigenvalue weighted by molar-refractivity contribution is 5.94. The Labute approximate surface area is 137 Å². The van der Waals surface area contributed by atoms with E-state index in [0.29, 0.717) is 18.7 Å². The molecule has 5 nitrogen and oxygen atoms in total. The second-order valence-corrected chi connectivity index (χ2v) is 5.24. The minimum atomic E-state index is -0.139. The predicted octanol–water partition coefficient (Wildman–Crippen LogP) is 2.92. The van der Waals surface area contributed by atoms with Gasteiger partial charge in [0.2, 0.25) is 0 Å². The van der Waals surface area contributed by atoms with Crippen molar-refractivity contribution >= 4 is 17.4 Å². The van der Waals surface area contributed by atoms with Crippen LogP contribution in [-0.2, 0) is 4.74 Å². The van der Waals surface area contributed by atoms with Gasteiger partial charge in [0.1, 0.15) is 5.82 Å². The van der Waals surface area contributed by atoms with Crippen LogP contribution in [0.3, 0.4) is 0 Å². The molecule has 1 heterocycles. The summed E-state index contributed by atoms with van der Waals surface area (Å²) >= 11 is 0. The van der Waals surface area contributed by atoms with Crippen LogP contribution in [0.5, 0.6) is 0 Å². The van der Waals surface area contributed by atoms with Gasteiger partial charge in [-0.2, -0.15) is 0 Å². The molecule has 122 valence electrons. The van der Waals surface area contributed by atoms with Crippen molar-refractivity contribution in [3.8, 4) is 0 Å². The first-order valence-corrected chi connectivity index (χ1v) is 7.73. The third-order valence-electron chi connectivity index (χ3n) is 3.51. The van der Waals surface area contributed by atoms with E-state index in [1.165, 1.54) is 5.56 Å². The summed E-state index contributed by atoms with van der Waals surface area (Å²) in [6, 6.07) is 11.9. The Kier molecular flexibility index (Phi) is 6.11. The van der Waals surface area contributed by atoms with Crippen LogP contribution in [0, 0.1) is 6.92 Å². The summed E-state index contributed by atoms with van der Waals surface area (Å²) in [7, 11) is 1.60. The molecule has 0 fully saturated rings. The second kappa shape index (κ2) is 8.29. The molecular formula is C18H23N3O2. The highest BCUT2D eigenvalue weighted by atomic mass is 16.5. The summed E-state index contributed by atoms with van der Waals surface area (Å²) in [4.78, 5) is 18.5. The summed E-state index contributed by atoms with van der Waals surface area (Å²) in [5, 5.41) is 2.78. The molecule has 2 aromatic rings. The quantitative estimate of drug-likeness (QED) is 0.799. The van der Waals surface area contributed by atoms with Crippen molar-refractivity contribution < 1.29 is 9.53 Å². The lowest BCUT2D eigenvalue weighted by Gasteiger charge is -2.22. The Morgan fingerprint density at radius 2 is 2.13 bits per heavy atom. The lowest BCUT2D eigenvalue weighted by molar-refractivity contribution is 0.0937. The van der Waals surface area contributed by atoms with Crippen LogP contribution in [0.4, 0.5) is 11.5 Å². The fourth-order valence-corrected chi connectivity index (χ4v) is 2.32. The average Bonchev–Trinajstić information content (AvgIpc) is 2.56. The van der Waals surface area contributed by atoms with Gasteiger partial charge in [-0.15, -0.1) is 0 Å². The van der Waals surface area contributed by atoms with Gasteiger partial charge in [0, 0.05) is 32.1 Å². The molecule has 1 N–H and O–H groups in total. The van der Waals surface area contributed by atoms with E-state index in [4.69, 9.17) is 4.74 Å². The lowest BCUT2D eigenvalue weighted by atomic mass is 10.2. The summed E-state index contributed by atoms with van der Waals surface area (Å²) in [5.74, 6) is 0.686. The highest BCUT2D eigenvalue weighted by Crippen LogP contribution is 2.24. The number of carbonyl (C=O) groups is 1. The number of hydrogen-bond donors (Lipinski definition) is 1. The predicted molar refractivity (Wildman–Crippen MR) is 92.3 cm³/mol. The molecule has 0 unspecified atom stereocenters. The minimum Gasteiger partial charge on any atom is -0.383 e. The number of rotatable bonds is 7. The van der Waals surface area contributed by atoms with Crippen molar-refractivity contribution in [3.63, 3.8) is 0 Å². The molecule has 0 saturated carbocycles. The monoisotopic (exact) mass is 313 g/mol. The zero-order chi connectivity index (χ0) is 16.7. The van der Waals surface area contributed by atoms with Crippen molar-refractivity contribution in [2.45, 2.75) is 13.8 Å². The number of aryl methyl sites for hydroxylation is 1. The van der Waals surface area contributed by atoms with E-state index in [0.717, 1.165) is 18.1 Å². The zero-order valence-electron chi connectivity index (χ0n) is 13.9. The first-order valence-electron chi connectivity index (χ1n) is 7.73. The van der Waals surface area contributed by atoms with Crippen LogP contribution in [0.15, 0.2) is 42.6 Å². The Hall–Kier alpha value is -2.40. The van der Waals surface area contributed by atoms with Crippen LogP contribution in [0.25, 0.3) is 0 Å². The number of nitrogens with one attached hydrogen (secondary N) is 1. The molecule has 0 aliphatic carbocycles. The molecule has 1 aromatic carbocycles. The van der Waals surface area contributed by atoms with Crippen LogP contribution in [0.1, 0.15) is 22.8 Å².